The first-order chi connectivity index (χ1) is 12.1. The second-order valence-corrected chi connectivity index (χ2v) is 6.97. The zero-order valence-corrected chi connectivity index (χ0v) is 16.5. The summed E-state index contributed by atoms with van der Waals surface area (Å²) < 4.78 is 18.9. The highest BCUT2D eigenvalue weighted by Crippen LogP contribution is 2.28. The molecule has 0 amide bonds. The number of benzene rings is 1. The van der Waals surface area contributed by atoms with Crippen molar-refractivity contribution >= 4 is 12.4 Å². The molecule has 7 heteroatoms. The molecule has 144 valence electrons. The third-order valence-electron chi connectivity index (χ3n) is 5.21. The molecule has 5 nitrogen and oxygen atoms in total. The van der Waals surface area contributed by atoms with Crippen molar-refractivity contribution in [3.8, 4) is 11.4 Å². The summed E-state index contributed by atoms with van der Waals surface area (Å²) in [4.78, 5) is 6.95. The Kier molecular flexibility index (Phi) is 7.55. The van der Waals surface area contributed by atoms with Gasteiger partial charge in [0.1, 0.15) is 5.82 Å². The average molecular weight is 383 g/mol. The van der Waals surface area contributed by atoms with Gasteiger partial charge in [-0.25, -0.2) is 4.39 Å². The molecule has 0 spiro atoms. The van der Waals surface area contributed by atoms with Gasteiger partial charge >= 0.3 is 0 Å². The molecule has 26 heavy (non-hydrogen) atoms. The highest BCUT2D eigenvalue weighted by molar-refractivity contribution is 5.85. The van der Waals surface area contributed by atoms with E-state index in [0.29, 0.717) is 17.3 Å². The Morgan fingerprint density at radius 3 is 2.73 bits per heavy atom. The fraction of sp³-hybridized carbons (Fsp3) is 0.579. The maximum Gasteiger partial charge on any atom is 0.244 e. The van der Waals surface area contributed by atoms with Crippen LogP contribution >= 0.6 is 12.4 Å². The highest BCUT2D eigenvalue weighted by Gasteiger charge is 2.26. The van der Waals surface area contributed by atoms with E-state index in [1.165, 1.54) is 25.3 Å². The lowest BCUT2D eigenvalue weighted by molar-refractivity contribution is 0.117. The minimum Gasteiger partial charge on any atom is -0.337 e. The van der Waals surface area contributed by atoms with Crippen LogP contribution < -0.4 is 5.32 Å². The summed E-state index contributed by atoms with van der Waals surface area (Å²) in [5.74, 6) is 1.73. The van der Waals surface area contributed by atoms with Gasteiger partial charge in [0.2, 0.25) is 11.7 Å². The normalized spacial score (nSPS) is 17.1. The number of nitrogens with one attached hydrogen (secondary N) is 1. The number of nitrogens with zero attached hydrogens (tertiary/aromatic N) is 3. The van der Waals surface area contributed by atoms with Crippen molar-refractivity contribution in [3.63, 3.8) is 0 Å². The molecule has 0 bridgehead atoms. The summed E-state index contributed by atoms with van der Waals surface area (Å²) in [6.45, 7) is 7.05. The van der Waals surface area contributed by atoms with Crippen molar-refractivity contribution < 1.29 is 8.91 Å². The predicted octanol–water partition coefficient (Wildman–Crippen LogP) is 3.99. The van der Waals surface area contributed by atoms with Crippen molar-refractivity contribution in [1.29, 1.82) is 0 Å². The number of hydrogen-bond donors (Lipinski definition) is 1. The Balaban J connectivity index is 0.00000243. The Hall–Kier alpha value is -1.50. The van der Waals surface area contributed by atoms with E-state index in [4.69, 9.17) is 4.52 Å². The largest absolute Gasteiger partial charge is 0.337 e. The summed E-state index contributed by atoms with van der Waals surface area (Å²) in [7, 11) is 2.01. The van der Waals surface area contributed by atoms with Crippen LogP contribution in [0.1, 0.15) is 43.7 Å². The Labute approximate surface area is 160 Å². The lowest BCUT2D eigenvalue weighted by Gasteiger charge is -2.34. The van der Waals surface area contributed by atoms with Gasteiger partial charge < -0.3 is 9.84 Å². The summed E-state index contributed by atoms with van der Waals surface area (Å²) in [5.41, 5.74) is 1.37. The average Bonchev–Trinajstić information content (AvgIpc) is 3.12. The van der Waals surface area contributed by atoms with Gasteiger partial charge in [-0.1, -0.05) is 5.16 Å². The fourth-order valence-corrected chi connectivity index (χ4v) is 3.44. The zero-order chi connectivity index (χ0) is 17.8. The topological polar surface area (TPSA) is 54.2 Å². The molecule has 1 aromatic heterocycles. The summed E-state index contributed by atoms with van der Waals surface area (Å²) in [6, 6.07) is 4.99. The number of piperidine rings is 1. The van der Waals surface area contributed by atoms with Crippen molar-refractivity contribution in [2.24, 2.45) is 5.92 Å². The first-order valence-electron chi connectivity index (χ1n) is 9.07. The maximum absolute atomic E-state index is 13.4. The number of aryl methyl sites for hydroxylation is 1. The van der Waals surface area contributed by atoms with Gasteiger partial charge in [0, 0.05) is 5.56 Å². The molecule has 1 N–H and O–H groups in total. The van der Waals surface area contributed by atoms with Gasteiger partial charge in [-0.05, 0) is 89.5 Å². The van der Waals surface area contributed by atoms with E-state index in [9.17, 15) is 4.39 Å². The minimum atomic E-state index is -0.220. The van der Waals surface area contributed by atoms with Crippen LogP contribution in [-0.2, 0) is 0 Å². The van der Waals surface area contributed by atoms with E-state index in [2.05, 4.69) is 27.3 Å². The molecule has 0 aliphatic carbocycles. The molecular formula is C19H28ClFN4O. The monoisotopic (exact) mass is 382 g/mol. The molecule has 1 atom stereocenters. The van der Waals surface area contributed by atoms with Crippen LogP contribution in [0.4, 0.5) is 4.39 Å². The number of rotatable bonds is 6. The molecular weight excluding hydrogens is 355 g/mol. The number of halogens is 2. The predicted molar refractivity (Wildman–Crippen MR) is 103 cm³/mol. The lowest BCUT2D eigenvalue weighted by atomic mass is 9.93. The second-order valence-electron chi connectivity index (χ2n) is 6.97. The molecule has 3 rings (SSSR count). The standard InChI is InChI=1S/C19H27FN4O.ClH/c1-13-12-16(4-5-17(13)20)18-22-19(25-23-18)14(2)24-10-7-15(8-11-24)6-9-21-3;/h4-5,12,14-15,21H,6-11H2,1-3H3;1H. The van der Waals surface area contributed by atoms with Gasteiger partial charge in [-0.15, -0.1) is 12.4 Å². The quantitative estimate of drug-likeness (QED) is 0.818. The van der Waals surface area contributed by atoms with Crippen LogP contribution in [0, 0.1) is 18.7 Å². The molecule has 0 saturated carbocycles. The molecule has 2 heterocycles. The highest BCUT2D eigenvalue weighted by atomic mass is 35.5. The van der Waals surface area contributed by atoms with E-state index < -0.39 is 0 Å². The third-order valence-corrected chi connectivity index (χ3v) is 5.21. The smallest absolute Gasteiger partial charge is 0.244 e. The van der Waals surface area contributed by atoms with Gasteiger partial charge in [0.15, 0.2) is 0 Å². The van der Waals surface area contributed by atoms with Crippen LogP contribution in [0.25, 0.3) is 11.4 Å². The van der Waals surface area contributed by atoms with Crippen LogP contribution in [0.5, 0.6) is 0 Å². The molecule has 0 radical (unpaired) electrons. The molecule has 1 fully saturated rings. The van der Waals surface area contributed by atoms with Gasteiger partial charge in [0.05, 0.1) is 6.04 Å². The first-order valence-corrected chi connectivity index (χ1v) is 9.07. The van der Waals surface area contributed by atoms with Crippen LogP contribution in [0.3, 0.4) is 0 Å². The van der Waals surface area contributed by atoms with E-state index in [0.717, 1.165) is 31.1 Å². The van der Waals surface area contributed by atoms with Gasteiger partial charge in [-0.3, -0.25) is 4.90 Å². The Morgan fingerprint density at radius 1 is 1.35 bits per heavy atom. The molecule has 1 aromatic carbocycles. The number of likely N-dealkylation sites (tertiary alicyclic amines) is 1. The molecule has 1 saturated heterocycles. The van der Waals surface area contributed by atoms with Crippen LogP contribution in [-0.4, -0.2) is 41.7 Å². The van der Waals surface area contributed by atoms with Crippen molar-refractivity contribution in [1.82, 2.24) is 20.4 Å². The van der Waals surface area contributed by atoms with Crippen LogP contribution in [0.2, 0.25) is 0 Å². The van der Waals surface area contributed by atoms with E-state index in [1.54, 1.807) is 19.1 Å². The van der Waals surface area contributed by atoms with E-state index in [1.807, 2.05) is 7.05 Å². The molecule has 2 aromatic rings. The van der Waals surface area contributed by atoms with E-state index in [-0.39, 0.29) is 24.3 Å². The summed E-state index contributed by atoms with van der Waals surface area (Å²) in [5, 5.41) is 7.32. The molecule has 1 aliphatic rings. The van der Waals surface area contributed by atoms with Gasteiger partial charge in [-0.2, -0.15) is 4.98 Å². The summed E-state index contributed by atoms with van der Waals surface area (Å²) in [6.07, 6.45) is 3.67. The van der Waals surface area contributed by atoms with Crippen molar-refractivity contribution in [2.45, 2.75) is 39.2 Å². The van der Waals surface area contributed by atoms with Crippen LogP contribution in [0.15, 0.2) is 22.7 Å². The number of aromatic nitrogens is 2. The number of hydrogen-bond acceptors (Lipinski definition) is 5. The SMILES string of the molecule is CNCCC1CCN(C(C)c2nc(-c3ccc(F)c(C)c3)no2)CC1.Cl. The van der Waals surface area contributed by atoms with E-state index >= 15 is 0 Å². The zero-order valence-electron chi connectivity index (χ0n) is 15.7. The first kappa shape index (κ1) is 20.8. The van der Waals surface area contributed by atoms with Crippen molar-refractivity contribution in [2.75, 3.05) is 26.7 Å². The lowest BCUT2D eigenvalue weighted by Crippen LogP contribution is -2.36. The Morgan fingerprint density at radius 2 is 2.08 bits per heavy atom. The molecule has 1 aliphatic heterocycles. The minimum absolute atomic E-state index is 0. The Bertz CT molecular complexity index is 701. The third kappa shape index (κ3) is 4.81. The second kappa shape index (κ2) is 9.44. The molecule has 1 unspecified atom stereocenters. The van der Waals surface area contributed by atoms with Crippen molar-refractivity contribution in [3.05, 3.63) is 35.5 Å². The maximum atomic E-state index is 13.4. The van der Waals surface area contributed by atoms with Gasteiger partial charge in [0.25, 0.3) is 0 Å². The fourth-order valence-electron chi connectivity index (χ4n) is 3.44. The summed E-state index contributed by atoms with van der Waals surface area (Å²) >= 11 is 0.